The molecule has 0 aliphatic heterocycles. The van der Waals surface area contributed by atoms with Gasteiger partial charge in [-0.05, 0) is 71.4 Å². The number of aromatic amines is 1. The number of nitrogens with zero attached hydrogens (tertiary/aromatic N) is 1. The van der Waals surface area contributed by atoms with Crippen LogP contribution in [0.3, 0.4) is 0 Å². The van der Waals surface area contributed by atoms with Gasteiger partial charge in [-0.25, -0.2) is 0 Å². The van der Waals surface area contributed by atoms with E-state index in [9.17, 15) is 0 Å². The van der Waals surface area contributed by atoms with Crippen LogP contribution in [-0.4, -0.2) is 4.98 Å². The van der Waals surface area contributed by atoms with Crippen LogP contribution in [0.2, 0.25) is 0 Å². The summed E-state index contributed by atoms with van der Waals surface area (Å²) in [5, 5.41) is 10.6. The first-order chi connectivity index (χ1) is 20.8. The molecule has 3 aromatic heterocycles. The molecule has 0 atom stereocenters. The maximum absolute atomic E-state index is 3.97. The molecule has 4 heteroatoms. The van der Waals surface area contributed by atoms with Crippen molar-refractivity contribution in [3.05, 3.63) is 127 Å². The van der Waals surface area contributed by atoms with Gasteiger partial charge in [0.25, 0.3) is 0 Å². The average Bonchev–Trinajstić information content (AvgIpc) is 3.73. The summed E-state index contributed by atoms with van der Waals surface area (Å²) in [4.78, 5) is 6.31. The smallest absolute Gasteiger partial charge is 0.0653 e. The van der Waals surface area contributed by atoms with Gasteiger partial charge < -0.3 is 9.88 Å². The zero-order valence-corrected chi connectivity index (χ0v) is 24.0. The number of hydrogen-bond acceptors (Lipinski definition) is 3. The first-order valence-corrected chi connectivity index (χ1v) is 15.8. The third-order valence-corrected chi connectivity index (χ3v) is 11.1. The molecule has 0 amide bonds. The molecule has 10 rings (SSSR count). The lowest BCUT2D eigenvalue weighted by Crippen LogP contribution is -2.09. The average molecular weight is 571 g/mol. The maximum Gasteiger partial charge on any atom is 0.0653 e. The molecule has 42 heavy (non-hydrogen) atoms. The fourth-order valence-electron chi connectivity index (χ4n) is 6.88. The van der Waals surface area contributed by atoms with Crippen LogP contribution in [-0.2, 0) is 0 Å². The number of anilines is 3. The standard InChI is InChI=1S/C38H22N2S2/c1-3-9-24(10-4-1)40(25-11-5-2-6-12-25)26-17-18-32-28(21-26)30-20-23-16-15-22-19-29-27-13-7-8-14-31(27)41-37(29)35-33(22)34(23)36(39-35)38(30)42-32/h1-21,39H. The van der Waals surface area contributed by atoms with Crippen molar-refractivity contribution in [1.82, 2.24) is 4.98 Å². The summed E-state index contributed by atoms with van der Waals surface area (Å²) in [6, 6.07) is 46.4. The molecule has 0 aliphatic carbocycles. The van der Waals surface area contributed by atoms with Crippen LogP contribution in [0, 0.1) is 0 Å². The Morgan fingerprint density at radius 3 is 1.62 bits per heavy atom. The minimum atomic E-state index is 1.15. The Morgan fingerprint density at radius 2 is 0.976 bits per heavy atom. The second-order valence-corrected chi connectivity index (χ2v) is 13.1. The van der Waals surface area contributed by atoms with Gasteiger partial charge in [-0.1, -0.05) is 66.7 Å². The molecule has 3 heterocycles. The molecule has 0 aliphatic rings. The first kappa shape index (κ1) is 22.8. The van der Waals surface area contributed by atoms with E-state index in [0.717, 1.165) is 17.1 Å². The monoisotopic (exact) mass is 570 g/mol. The number of aromatic nitrogens is 1. The molecule has 0 saturated heterocycles. The predicted molar refractivity (Wildman–Crippen MR) is 185 cm³/mol. The van der Waals surface area contributed by atoms with E-state index < -0.39 is 0 Å². The molecule has 10 aromatic rings. The van der Waals surface area contributed by atoms with Crippen molar-refractivity contribution in [2.45, 2.75) is 0 Å². The fraction of sp³-hybridized carbons (Fsp3) is 0. The topological polar surface area (TPSA) is 19.0 Å². The van der Waals surface area contributed by atoms with Crippen molar-refractivity contribution in [1.29, 1.82) is 0 Å². The molecule has 0 saturated carbocycles. The first-order valence-electron chi connectivity index (χ1n) is 14.2. The highest BCUT2D eigenvalue weighted by Gasteiger charge is 2.21. The highest BCUT2D eigenvalue weighted by Crippen LogP contribution is 2.49. The van der Waals surface area contributed by atoms with Crippen LogP contribution in [0.25, 0.3) is 72.9 Å². The van der Waals surface area contributed by atoms with E-state index in [4.69, 9.17) is 0 Å². The summed E-state index contributed by atoms with van der Waals surface area (Å²) in [6.45, 7) is 0. The molecule has 7 aromatic carbocycles. The summed E-state index contributed by atoms with van der Waals surface area (Å²) in [7, 11) is 0. The fourth-order valence-corrected chi connectivity index (χ4v) is 9.24. The van der Waals surface area contributed by atoms with Gasteiger partial charge >= 0.3 is 0 Å². The summed E-state index contributed by atoms with van der Waals surface area (Å²) in [5.41, 5.74) is 6.00. The van der Waals surface area contributed by atoms with E-state index in [1.807, 2.05) is 22.7 Å². The summed E-state index contributed by atoms with van der Waals surface area (Å²) in [6.07, 6.45) is 0. The molecule has 0 fully saturated rings. The molecular weight excluding hydrogens is 549 g/mol. The van der Waals surface area contributed by atoms with Gasteiger partial charge in [-0.15, -0.1) is 22.7 Å². The Balaban J connectivity index is 1.27. The molecule has 2 nitrogen and oxygen atoms in total. The number of para-hydroxylation sites is 2. The Morgan fingerprint density at radius 1 is 0.429 bits per heavy atom. The van der Waals surface area contributed by atoms with Crippen LogP contribution >= 0.6 is 22.7 Å². The number of fused-ring (bicyclic) bond motifs is 8. The lowest BCUT2D eigenvalue weighted by Gasteiger charge is -2.25. The van der Waals surface area contributed by atoms with Gasteiger partial charge in [0.05, 0.1) is 20.4 Å². The maximum atomic E-state index is 3.97. The number of hydrogen-bond donors (Lipinski definition) is 1. The summed E-state index contributed by atoms with van der Waals surface area (Å²) in [5.74, 6) is 0. The summed E-state index contributed by atoms with van der Waals surface area (Å²) >= 11 is 3.80. The van der Waals surface area contributed by atoms with E-state index >= 15 is 0 Å². The zero-order valence-electron chi connectivity index (χ0n) is 22.4. The Hall–Kier alpha value is -4.90. The minimum absolute atomic E-state index is 1.15. The minimum Gasteiger partial charge on any atom is -0.352 e. The van der Waals surface area contributed by atoms with Crippen LogP contribution in [0.4, 0.5) is 17.1 Å². The Kier molecular flexibility index (Phi) is 4.51. The lowest BCUT2D eigenvalue weighted by molar-refractivity contribution is 1.29. The van der Waals surface area contributed by atoms with Crippen molar-refractivity contribution in [3.8, 4) is 0 Å². The SMILES string of the molecule is c1ccc(N(c2ccccc2)c2ccc3sc4c(cc5ccc6cc7c8ccccc8sc7c7[nH]c4c5c67)c3c2)cc1. The van der Waals surface area contributed by atoms with E-state index in [-0.39, 0.29) is 0 Å². The third kappa shape index (κ3) is 3.03. The second-order valence-electron chi connectivity index (χ2n) is 11.0. The van der Waals surface area contributed by atoms with Gasteiger partial charge in [0.2, 0.25) is 0 Å². The number of rotatable bonds is 3. The van der Waals surface area contributed by atoms with Crippen LogP contribution in [0.15, 0.2) is 127 Å². The van der Waals surface area contributed by atoms with Crippen molar-refractivity contribution in [2.75, 3.05) is 4.90 Å². The largest absolute Gasteiger partial charge is 0.352 e. The lowest BCUT2D eigenvalue weighted by atomic mass is 9.98. The molecule has 0 unspecified atom stereocenters. The van der Waals surface area contributed by atoms with Gasteiger partial charge in [-0.2, -0.15) is 0 Å². The second kappa shape index (κ2) is 8.32. The molecular formula is C38H22N2S2. The van der Waals surface area contributed by atoms with Gasteiger partial charge in [0.15, 0.2) is 0 Å². The molecule has 0 radical (unpaired) electrons. The van der Waals surface area contributed by atoms with Crippen molar-refractivity contribution in [2.24, 2.45) is 0 Å². The highest BCUT2D eigenvalue weighted by molar-refractivity contribution is 7.27. The molecule has 1 N–H and O–H groups in total. The van der Waals surface area contributed by atoms with Crippen LogP contribution in [0.1, 0.15) is 0 Å². The van der Waals surface area contributed by atoms with E-state index in [1.165, 1.54) is 72.9 Å². The summed E-state index contributed by atoms with van der Waals surface area (Å²) < 4.78 is 5.33. The Bertz CT molecular complexity index is 2580. The molecule has 0 spiro atoms. The van der Waals surface area contributed by atoms with Gasteiger partial charge in [0, 0.05) is 58.8 Å². The van der Waals surface area contributed by atoms with Crippen molar-refractivity contribution < 1.29 is 0 Å². The van der Waals surface area contributed by atoms with E-state index in [0.29, 0.717) is 0 Å². The van der Waals surface area contributed by atoms with E-state index in [1.54, 1.807) is 0 Å². The third-order valence-electron chi connectivity index (χ3n) is 8.70. The number of benzene rings is 7. The molecule has 0 bridgehead atoms. The predicted octanol–water partition coefficient (Wildman–Crippen LogP) is 12.1. The van der Waals surface area contributed by atoms with Crippen LogP contribution in [0.5, 0.6) is 0 Å². The van der Waals surface area contributed by atoms with E-state index in [2.05, 4.69) is 137 Å². The zero-order chi connectivity index (χ0) is 27.4. The van der Waals surface area contributed by atoms with Crippen LogP contribution < -0.4 is 4.90 Å². The number of nitrogens with one attached hydrogen (secondary N) is 1. The number of H-pyrrole nitrogens is 1. The van der Waals surface area contributed by atoms with Gasteiger partial charge in [-0.3, -0.25) is 0 Å². The van der Waals surface area contributed by atoms with Gasteiger partial charge in [0.1, 0.15) is 0 Å². The van der Waals surface area contributed by atoms with Crippen molar-refractivity contribution in [3.63, 3.8) is 0 Å². The quantitative estimate of drug-likeness (QED) is 0.209. The number of thiophene rings is 2. The van der Waals surface area contributed by atoms with Crippen molar-refractivity contribution >= 4 is 113 Å². The normalized spacial score (nSPS) is 12.3. The molecule has 196 valence electrons. The Labute approximate surface area is 249 Å². The highest BCUT2D eigenvalue weighted by atomic mass is 32.1.